The summed E-state index contributed by atoms with van der Waals surface area (Å²) in [4.78, 5) is 6.94. The smallest absolute Gasteiger partial charge is 0.191 e. The fourth-order valence-corrected chi connectivity index (χ4v) is 3.69. The van der Waals surface area contributed by atoms with Crippen LogP contribution in [0.4, 0.5) is 5.69 Å². The average molecular weight is 433 g/mol. The van der Waals surface area contributed by atoms with Gasteiger partial charge in [-0.05, 0) is 49.2 Å². The fourth-order valence-electron chi connectivity index (χ4n) is 3.52. The van der Waals surface area contributed by atoms with Crippen molar-refractivity contribution in [2.24, 2.45) is 4.99 Å². The number of rotatable bonds is 7. The van der Waals surface area contributed by atoms with E-state index < -0.39 is 0 Å². The van der Waals surface area contributed by atoms with Gasteiger partial charge in [-0.2, -0.15) is 0 Å². The van der Waals surface area contributed by atoms with Crippen LogP contribution in [0.5, 0.6) is 17.2 Å². The molecule has 7 nitrogen and oxygen atoms in total. The quantitative estimate of drug-likeness (QED) is 0.459. The van der Waals surface area contributed by atoms with Crippen molar-refractivity contribution >= 4 is 23.2 Å². The number of aromatic hydroxyl groups is 1. The van der Waals surface area contributed by atoms with Gasteiger partial charge in [0, 0.05) is 30.7 Å². The highest BCUT2D eigenvalue weighted by atomic mass is 35.5. The van der Waals surface area contributed by atoms with E-state index >= 15 is 0 Å². The van der Waals surface area contributed by atoms with E-state index in [0.29, 0.717) is 17.3 Å². The summed E-state index contributed by atoms with van der Waals surface area (Å²) in [5.74, 6) is 2.14. The van der Waals surface area contributed by atoms with Crippen LogP contribution in [0.1, 0.15) is 18.9 Å². The van der Waals surface area contributed by atoms with Gasteiger partial charge in [0.05, 0.1) is 26.5 Å². The van der Waals surface area contributed by atoms with Crippen LogP contribution in [-0.2, 0) is 6.54 Å². The van der Waals surface area contributed by atoms with Crippen LogP contribution in [0.25, 0.3) is 0 Å². The molecule has 1 unspecified atom stereocenters. The lowest BCUT2D eigenvalue weighted by molar-refractivity contribution is 0.373. The lowest BCUT2D eigenvalue weighted by atomic mass is 10.2. The van der Waals surface area contributed by atoms with Gasteiger partial charge in [-0.15, -0.1) is 0 Å². The topological polar surface area (TPSA) is 78.4 Å². The van der Waals surface area contributed by atoms with Crippen LogP contribution >= 0.6 is 11.6 Å². The zero-order chi connectivity index (χ0) is 21.5. The molecule has 3 N–H and O–H groups in total. The molecule has 8 heteroatoms. The molecule has 3 rings (SSSR count). The van der Waals surface area contributed by atoms with Gasteiger partial charge in [0.25, 0.3) is 0 Å². The Morgan fingerprint density at radius 2 is 1.97 bits per heavy atom. The molecule has 162 valence electrons. The molecule has 0 spiro atoms. The van der Waals surface area contributed by atoms with Crippen molar-refractivity contribution in [3.05, 3.63) is 47.0 Å². The first-order chi connectivity index (χ1) is 14.5. The summed E-state index contributed by atoms with van der Waals surface area (Å²) in [7, 11) is 3.20. The van der Waals surface area contributed by atoms with Gasteiger partial charge in [-0.1, -0.05) is 17.7 Å². The molecule has 0 aliphatic carbocycles. The third kappa shape index (κ3) is 5.42. The van der Waals surface area contributed by atoms with Crippen molar-refractivity contribution in [1.82, 2.24) is 10.6 Å². The molecule has 2 aromatic rings. The Labute approximate surface area is 182 Å². The molecule has 1 atom stereocenters. The minimum atomic E-state index is 0.116. The number of halogens is 1. The van der Waals surface area contributed by atoms with Crippen LogP contribution in [0.15, 0.2) is 41.4 Å². The Kier molecular flexibility index (Phi) is 7.52. The number of aliphatic imine (C=N–C) groups is 1. The first-order valence-corrected chi connectivity index (χ1v) is 10.4. The highest BCUT2D eigenvalue weighted by Crippen LogP contribution is 2.33. The van der Waals surface area contributed by atoms with Gasteiger partial charge >= 0.3 is 0 Å². The summed E-state index contributed by atoms with van der Waals surface area (Å²) in [5, 5.41) is 17.5. The van der Waals surface area contributed by atoms with Gasteiger partial charge in [0.1, 0.15) is 5.75 Å². The number of methoxy groups -OCH3 is 2. The Morgan fingerprint density at radius 3 is 2.67 bits per heavy atom. The summed E-state index contributed by atoms with van der Waals surface area (Å²) in [6.45, 7) is 4.97. The zero-order valence-electron chi connectivity index (χ0n) is 17.6. The van der Waals surface area contributed by atoms with Crippen molar-refractivity contribution < 1.29 is 14.6 Å². The monoisotopic (exact) mass is 432 g/mol. The number of hydrogen-bond donors (Lipinski definition) is 3. The van der Waals surface area contributed by atoms with Gasteiger partial charge in [-0.25, -0.2) is 4.99 Å². The van der Waals surface area contributed by atoms with Crippen LogP contribution in [0.2, 0.25) is 5.02 Å². The molecule has 1 fully saturated rings. The number of nitrogens with zero attached hydrogens (tertiary/aromatic N) is 2. The van der Waals surface area contributed by atoms with E-state index in [4.69, 9.17) is 21.1 Å². The Balaban J connectivity index is 1.65. The summed E-state index contributed by atoms with van der Waals surface area (Å²) < 4.78 is 10.6. The number of anilines is 1. The highest BCUT2D eigenvalue weighted by molar-refractivity contribution is 6.30. The molecular formula is C22H29ClN4O3. The minimum Gasteiger partial charge on any atom is -0.504 e. The van der Waals surface area contributed by atoms with E-state index in [1.54, 1.807) is 19.2 Å². The molecule has 1 aliphatic heterocycles. The molecule has 0 bridgehead atoms. The number of phenolic OH excluding ortho intramolecular Hbond substituents is 1. The van der Waals surface area contributed by atoms with Crippen molar-refractivity contribution in [2.45, 2.75) is 25.9 Å². The number of benzene rings is 2. The molecule has 0 aromatic heterocycles. The first-order valence-electron chi connectivity index (χ1n) is 10.0. The van der Waals surface area contributed by atoms with Gasteiger partial charge in [-0.3, -0.25) is 0 Å². The minimum absolute atomic E-state index is 0.116. The summed E-state index contributed by atoms with van der Waals surface area (Å²) in [6, 6.07) is 11.2. The first kappa shape index (κ1) is 21.9. The van der Waals surface area contributed by atoms with E-state index in [1.165, 1.54) is 7.11 Å². The van der Waals surface area contributed by atoms with E-state index in [9.17, 15) is 5.11 Å². The number of phenols is 1. The number of nitrogens with one attached hydrogen (secondary N) is 2. The van der Waals surface area contributed by atoms with E-state index in [1.807, 2.05) is 31.2 Å². The summed E-state index contributed by atoms with van der Waals surface area (Å²) in [5.41, 5.74) is 1.91. The predicted molar refractivity (Wildman–Crippen MR) is 121 cm³/mol. The Hall–Kier alpha value is -2.80. The third-order valence-corrected chi connectivity index (χ3v) is 5.25. The molecule has 1 saturated heterocycles. The molecule has 0 amide bonds. The second kappa shape index (κ2) is 10.3. The van der Waals surface area contributed by atoms with Gasteiger partial charge < -0.3 is 30.1 Å². The molecule has 1 aliphatic rings. The van der Waals surface area contributed by atoms with Crippen LogP contribution in [0, 0.1) is 0 Å². The molecule has 30 heavy (non-hydrogen) atoms. The maximum absolute atomic E-state index is 9.96. The van der Waals surface area contributed by atoms with E-state index in [0.717, 1.165) is 49.0 Å². The average Bonchev–Trinajstić information content (AvgIpc) is 3.20. The van der Waals surface area contributed by atoms with Crippen molar-refractivity contribution in [1.29, 1.82) is 0 Å². The Bertz CT molecular complexity index is 891. The maximum Gasteiger partial charge on any atom is 0.191 e. The molecule has 1 heterocycles. The molecule has 0 radical (unpaired) electrons. The highest BCUT2D eigenvalue weighted by Gasteiger charge is 2.25. The van der Waals surface area contributed by atoms with Crippen LogP contribution in [0.3, 0.4) is 0 Å². The lowest BCUT2D eigenvalue weighted by Gasteiger charge is -2.22. The number of ether oxygens (including phenoxy) is 2. The van der Waals surface area contributed by atoms with Gasteiger partial charge in [0.15, 0.2) is 17.5 Å². The van der Waals surface area contributed by atoms with Crippen molar-refractivity contribution in [2.75, 3.05) is 38.8 Å². The third-order valence-electron chi connectivity index (χ3n) is 5.02. The molecular weight excluding hydrogens is 404 g/mol. The van der Waals surface area contributed by atoms with Gasteiger partial charge in [0.2, 0.25) is 0 Å². The summed E-state index contributed by atoms with van der Waals surface area (Å²) in [6.07, 6.45) is 0.976. The molecule has 2 aromatic carbocycles. The Morgan fingerprint density at radius 1 is 1.20 bits per heavy atom. The van der Waals surface area contributed by atoms with Crippen LogP contribution < -0.4 is 25.0 Å². The number of hydrogen-bond acceptors (Lipinski definition) is 5. The molecule has 0 saturated carbocycles. The zero-order valence-corrected chi connectivity index (χ0v) is 18.4. The van der Waals surface area contributed by atoms with E-state index in [-0.39, 0.29) is 11.8 Å². The van der Waals surface area contributed by atoms with Crippen LogP contribution in [-0.4, -0.2) is 51.0 Å². The standard InChI is InChI=1S/C22H29ClN4O3/c1-4-24-22(25-13-15-5-7-21(30-3)19(28)11-15)26-17-9-10-27(14-17)18-12-16(23)6-8-20(18)29-2/h5-8,11-12,17,28H,4,9-10,13-14H2,1-3H3,(H2,24,25,26). The second-order valence-corrected chi connectivity index (χ2v) is 7.53. The largest absolute Gasteiger partial charge is 0.504 e. The normalized spacial score (nSPS) is 16.5. The maximum atomic E-state index is 9.96. The number of guanidine groups is 1. The fraction of sp³-hybridized carbons (Fsp3) is 0.409. The lowest BCUT2D eigenvalue weighted by Crippen LogP contribution is -2.44. The predicted octanol–water partition coefficient (Wildman–Crippen LogP) is 3.40. The van der Waals surface area contributed by atoms with Crippen molar-refractivity contribution in [3.8, 4) is 17.2 Å². The summed E-state index contributed by atoms with van der Waals surface area (Å²) >= 11 is 6.19. The van der Waals surface area contributed by atoms with Crippen molar-refractivity contribution in [3.63, 3.8) is 0 Å². The SMILES string of the molecule is CCNC(=NCc1ccc(OC)c(O)c1)NC1CCN(c2cc(Cl)ccc2OC)C1. The van der Waals surface area contributed by atoms with E-state index in [2.05, 4.69) is 20.5 Å². The second-order valence-electron chi connectivity index (χ2n) is 7.09.